The summed E-state index contributed by atoms with van der Waals surface area (Å²) in [7, 11) is 0. The minimum Gasteiger partial charge on any atom is -0.326 e. The smallest absolute Gasteiger partial charge is 0.0705 e. The van der Waals surface area contributed by atoms with Crippen LogP contribution in [0.15, 0.2) is 30.6 Å². The Bertz CT molecular complexity index is 481. The van der Waals surface area contributed by atoms with Crippen LogP contribution in [0.4, 0.5) is 0 Å². The van der Waals surface area contributed by atoms with Crippen LogP contribution in [-0.2, 0) is 6.54 Å². The largest absolute Gasteiger partial charge is 0.326 e. The van der Waals surface area contributed by atoms with E-state index in [2.05, 4.69) is 27.7 Å². The number of hydrogen-bond donors (Lipinski definition) is 1. The lowest BCUT2D eigenvalue weighted by Gasteiger charge is -2.08. The fraction of sp³-hybridized carbons (Fsp3) is 0.100. The molecule has 0 saturated carbocycles. The normalized spacial score (nSPS) is 10.6. The van der Waals surface area contributed by atoms with Gasteiger partial charge in [0.05, 0.1) is 15.5 Å². The molecule has 0 fully saturated rings. The van der Waals surface area contributed by atoms with Gasteiger partial charge in [-0.2, -0.15) is 5.10 Å². The van der Waals surface area contributed by atoms with Crippen LogP contribution in [0.1, 0.15) is 5.56 Å². The Hall–Kier alpha value is -0.590. The molecule has 0 saturated heterocycles. The molecule has 0 atom stereocenters. The van der Waals surface area contributed by atoms with Crippen molar-refractivity contribution in [3.8, 4) is 5.69 Å². The van der Waals surface area contributed by atoms with Crippen LogP contribution in [-0.4, -0.2) is 9.78 Å². The van der Waals surface area contributed by atoms with Gasteiger partial charge in [-0.25, -0.2) is 4.68 Å². The first kappa shape index (κ1) is 10.9. The van der Waals surface area contributed by atoms with Crippen molar-refractivity contribution in [1.82, 2.24) is 9.78 Å². The van der Waals surface area contributed by atoms with Gasteiger partial charge in [-0.3, -0.25) is 0 Å². The van der Waals surface area contributed by atoms with E-state index >= 15 is 0 Å². The fourth-order valence-electron chi connectivity index (χ4n) is 1.40. The maximum Gasteiger partial charge on any atom is 0.0705 e. The van der Waals surface area contributed by atoms with Crippen LogP contribution in [0.5, 0.6) is 0 Å². The van der Waals surface area contributed by atoms with Crippen LogP contribution in [0, 0.1) is 3.57 Å². The Morgan fingerprint density at radius 3 is 2.87 bits per heavy atom. The standard InChI is InChI=1S/C10H9ClIN3/c11-9-2-1-3-10(8(9)4-13)15-6-7(12)5-14-15/h1-3,5-6H,4,13H2. The molecule has 0 unspecified atom stereocenters. The molecule has 1 heterocycles. The summed E-state index contributed by atoms with van der Waals surface area (Å²) in [6.45, 7) is 0.408. The van der Waals surface area contributed by atoms with Crippen LogP contribution in [0.2, 0.25) is 5.02 Å². The summed E-state index contributed by atoms with van der Waals surface area (Å²) in [5.74, 6) is 0. The third kappa shape index (κ3) is 2.16. The first-order valence-corrected chi connectivity index (χ1v) is 5.86. The molecule has 2 aromatic rings. The van der Waals surface area contributed by atoms with Gasteiger partial charge in [0, 0.05) is 23.3 Å². The first-order valence-electron chi connectivity index (χ1n) is 4.40. The third-order valence-electron chi connectivity index (χ3n) is 2.10. The quantitative estimate of drug-likeness (QED) is 0.859. The number of nitrogens with two attached hydrogens (primary N) is 1. The van der Waals surface area contributed by atoms with Gasteiger partial charge in [-0.1, -0.05) is 17.7 Å². The molecule has 3 nitrogen and oxygen atoms in total. The molecular formula is C10H9ClIN3. The zero-order valence-electron chi connectivity index (χ0n) is 7.82. The van der Waals surface area contributed by atoms with Crippen molar-refractivity contribution in [1.29, 1.82) is 0 Å². The Morgan fingerprint density at radius 2 is 2.27 bits per heavy atom. The zero-order valence-corrected chi connectivity index (χ0v) is 10.7. The van der Waals surface area contributed by atoms with Crippen molar-refractivity contribution in [2.75, 3.05) is 0 Å². The molecule has 0 aliphatic heterocycles. The van der Waals surface area contributed by atoms with Crippen molar-refractivity contribution in [2.45, 2.75) is 6.54 Å². The van der Waals surface area contributed by atoms with E-state index in [1.54, 1.807) is 10.9 Å². The van der Waals surface area contributed by atoms with Gasteiger partial charge in [0.2, 0.25) is 0 Å². The Labute approximate surface area is 106 Å². The number of rotatable bonds is 2. The number of hydrogen-bond acceptors (Lipinski definition) is 2. The summed E-state index contributed by atoms with van der Waals surface area (Å²) in [6, 6.07) is 5.68. The molecule has 0 bridgehead atoms. The lowest BCUT2D eigenvalue weighted by atomic mass is 10.2. The molecule has 0 amide bonds. The highest BCUT2D eigenvalue weighted by Crippen LogP contribution is 2.22. The van der Waals surface area contributed by atoms with E-state index in [1.807, 2.05) is 24.4 Å². The van der Waals surface area contributed by atoms with Gasteiger partial charge in [-0.05, 0) is 34.7 Å². The molecule has 0 aliphatic carbocycles. The van der Waals surface area contributed by atoms with Gasteiger partial charge in [-0.15, -0.1) is 0 Å². The van der Waals surface area contributed by atoms with Gasteiger partial charge in [0.15, 0.2) is 0 Å². The number of halogens is 2. The van der Waals surface area contributed by atoms with E-state index in [9.17, 15) is 0 Å². The van der Waals surface area contributed by atoms with Gasteiger partial charge < -0.3 is 5.73 Å². The Morgan fingerprint density at radius 1 is 1.47 bits per heavy atom. The summed E-state index contributed by atoms with van der Waals surface area (Å²) >= 11 is 8.28. The van der Waals surface area contributed by atoms with Gasteiger partial charge >= 0.3 is 0 Å². The van der Waals surface area contributed by atoms with E-state index in [-0.39, 0.29) is 0 Å². The SMILES string of the molecule is NCc1c(Cl)cccc1-n1cc(I)cn1. The minimum atomic E-state index is 0.408. The van der Waals surface area contributed by atoms with E-state index in [4.69, 9.17) is 17.3 Å². The molecule has 0 spiro atoms. The van der Waals surface area contributed by atoms with Crippen molar-refractivity contribution in [2.24, 2.45) is 5.73 Å². The number of aromatic nitrogens is 2. The predicted molar refractivity (Wildman–Crippen MR) is 69.2 cm³/mol. The maximum atomic E-state index is 6.06. The monoisotopic (exact) mass is 333 g/mol. The Kier molecular flexibility index (Phi) is 3.28. The average molecular weight is 334 g/mol. The third-order valence-corrected chi connectivity index (χ3v) is 3.01. The van der Waals surface area contributed by atoms with Crippen LogP contribution >= 0.6 is 34.2 Å². The number of benzene rings is 1. The van der Waals surface area contributed by atoms with Crippen molar-refractivity contribution in [3.63, 3.8) is 0 Å². The molecule has 5 heteroatoms. The molecule has 1 aromatic heterocycles. The van der Waals surface area contributed by atoms with E-state index < -0.39 is 0 Å². The predicted octanol–water partition coefficient (Wildman–Crippen LogP) is 2.59. The second-order valence-corrected chi connectivity index (χ2v) is 4.70. The van der Waals surface area contributed by atoms with Crippen LogP contribution in [0.3, 0.4) is 0 Å². The lowest BCUT2D eigenvalue weighted by molar-refractivity contribution is 0.858. The molecule has 1 aromatic carbocycles. The first-order chi connectivity index (χ1) is 7.22. The highest BCUT2D eigenvalue weighted by Gasteiger charge is 2.07. The molecule has 0 radical (unpaired) electrons. The summed E-state index contributed by atoms with van der Waals surface area (Å²) in [5, 5.41) is 4.91. The molecular weight excluding hydrogens is 324 g/mol. The molecule has 2 N–H and O–H groups in total. The van der Waals surface area contributed by atoms with Crippen molar-refractivity contribution < 1.29 is 0 Å². The second-order valence-electron chi connectivity index (χ2n) is 3.04. The summed E-state index contributed by atoms with van der Waals surface area (Å²) < 4.78 is 2.87. The van der Waals surface area contributed by atoms with Crippen molar-refractivity contribution in [3.05, 3.63) is 44.7 Å². The molecule has 78 valence electrons. The van der Waals surface area contributed by atoms with E-state index in [0.29, 0.717) is 11.6 Å². The van der Waals surface area contributed by atoms with Gasteiger partial charge in [0.25, 0.3) is 0 Å². The van der Waals surface area contributed by atoms with Gasteiger partial charge in [0.1, 0.15) is 0 Å². The maximum absolute atomic E-state index is 6.06. The van der Waals surface area contributed by atoms with E-state index in [0.717, 1.165) is 14.8 Å². The van der Waals surface area contributed by atoms with Crippen molar-refractivity contribution >= 4 is 34.2 Å². The lowest BCUT2D eigenvalue weighted by Crippen LogP contribution is -2.05. The highest BCUT2D eigenvalue weighted by atomic mass is 127. The molecule has 2 rings (SSSR count). The number of nitrogens with zero attached hydrogens (tertiary/aromatic N) is 2. The second kappa shape index (κ2) is 4.51. The van der Waals surface area contributed by atoms with Crippen LogP contribution < -0.4 is 5.73 Å². The van der Waals surface area contributed by atoms with Crippen LogP contribution in [0.25, 0.3) is 5.69 Å². The zero-order chi connectivity index (χ0) is 10.8. The summed E-state index contributed by atoms with van der Waals surface area (Å²) in [5.41, 5.74) is 7.52. The highest BCUT2D eigenvalue weighted by molar-refractivity contribution is 14.1. The fourth-order valence-corrected chi connectivity index (χ4v) is 2.03. The topological polar surface area (TPSA) is 43.8 Å². The summed E-state index contributed by atoms with van der Waals surface area (Å²) in [6.07, 6.45) is 3.73. The van der Waals surface area contributed by atoms with E-state index in [1.165, 1.54) is 0 Å². The molecule has 15 heavy (non-hydrogen) atoms. The average Bonchev–Trinajstić information content (AvgIpc) is 2.64. The Balaban J connectivity index is 2.57. The summed E-state index contributed by atoms with van der Waals surface area (Å²) in [4.78, 5) is 0. The minimum absolute atomic E-state index is 0.408. The molecule has 0 aliphatic rings.